The van der Waals surface area contributed by atoms with Crippen LogP contribution in [-0.4, -0.2) is 46.5 Å². The Morgan fingerprint density at radius 1 is 1.28 bits per heavy atom. The van der Waals surface area contributed by atoms with Crippen LogP contribution in [0.25, 0.3) is 0 Å². The molecule has 0 saturated heterocycles. The zero-order valence-electron chi connectivity index (χ0n) is 16.7. The molecule has 29 heavy (non-hydrogen) atoms. The number of aromatic amines is 1. The van der Waals surface area contributed by atoms with E-state index in [1.807, 2.05) is 6.92 Å². The van der Waals surface area contributed by atoms with Gasteiger partial charge in [0.2, 0.25) is 10.0 Å². The van der Waals surface area contributed by atoms with Crippen molar-refractivity contribution < 1.29 is 13.2 Å². The SMILES string of the molecule is CCn1c(CNC(=O)c2ccc(S(=O)(=O)N(C)C3CCCCC3)cc2)n[nH]c1=S. The summed E-state index contributed by atoms with van der Waals surface area (Å²) in [5.74, 6) is 0.338. The Labute approximate surface area is 176 Å². The average Bonchev–Trinajstić information content (AvgIpc) is 3.11. The van der Waals surface area contributed by atoms with Gasteiger partial charge in [-0.25, -0.2) is 8.42 Å². The average molecular weight is 438 g/mol. The first-order valence-corrected chi connectivity index (χ1v) is 11.7. The lowest BCUT2D eigenvalue weighted by Crippen LogP contribution is -2.38. The molecule has 1 heterocycles. The Balaban J connectivity index is 1.67. The van der Waals surface area contributed by atoms with Gasteiger partial charge >= 0.3 is 0 Å². The zero-order valence-corrected chi connectivity index (χ0v) is 18.4. The lowest BCUT2D eigenvalue weighted by Gasteiger charge is -2.30. The number of benzene rings is 1. The van der Waals surface area contributed by atoms with Crippen LogP contribution in [0.5, 0.6) is 0 Å². The Bertz CT molecular complexity index is 1010. The topological polar surface area (TPSA) is 100 Å². The van der Waals surface area contributed by atoms with Gasteiger partial charge in [-0.3, -0.25) is 9.89 Å². The number of carbonyl (C=O) groups is 1. The van der Waals surface area contributed by atoms with E-state index in [4.69, 9.17) is 12.2 Å². The number of carbonyl (C=O) groups excluding carboxylic acids is 1. The molecule has 3 rings (SSSR count). The van der Waals surface area contributed by atoms with Crippen molar-refractivity contribution in [2.24, 2.45) is 0 Å². The minimum absolute atomic E-state index is 0.0464. The van der Waals surface area contributed by atoms with E-state index >= 15 is 0 Å². The normalized spacial score (nSPS) is 15.6. The summed E-state index contributed by atoms with van der Waals surface area (Å²) in [6, 6.07) is 6.10. The first-order chi connectivity index (χ1) is 13.8. The van der Waals surface area contributed by atoms with Crippen molar-refractivity contribution in [2.45, 2.75) is 63.1 Å². The van der Waals surface area contributed by atoms with Gasteiger partial charge in [0.25, 0.3) is 5.91 Å². The van der Waals surface area contributed by atoms with Gasteiger partial charge in [-0.1, -0.05) is 19.3 Å². The van der Waals surface area contributed by atoms with Crippen LogP contribution in [0.4, 0.5) is 0 Å². The number of nitrogens with zero attached hydrogens (tertiary/aromatic N) is 3. The van der Waals surface area contributed by atoms with Crippen LogP contribution in [0.15, 0.2) is 29.2 Å². The van der Waals surface area contributed by atoms with Gasteiger partial charge in [-0.2, -0.15) is 9.40 Å². The van der Waals surface area contributed by atoms with Crippen LogP contribution in [-0.2, 0) is 23.1 Å². The highest BCUT2D eigenvalue weighted by atomic mass is 32.2. The molecule has 1 saturated carbocycles. The van der Waals surface area contributed by atoms with Gasteiger partial charge in [0.1, 0.15) is 0 Å². The van der Waals surface area contributed by atoms with E-state index in [9.17, 15) is 13.2 Å². The molecule has 1 aromatic heterocycles. The predicted molar refractivity (Wildman–Crippen MR) is 113 cm³/mol. The Morgan fingerprint density at radius 3 is 2.55 bits per heavy atom. The zero-order chi connectivity index (χ0) is 21.0. The van der Waals surface area contributed by atoms with Crippen molar-refractivity contribution in [1.82, 2.24) is 24.4 Å². The van der Waals surface area contributed by atoms with Crippen molar-refractivity contribution in [2.75, 3.05) is 7.05 Å². The molecule has 0 radical (unpaired) electrons. The Kier molecular flexibility index (Phi) is 6.86. The van der Waals surface area contributed by atoms with E-state index in [1.54, 1.807) is 11.6 Å². The Hall–Kier alpha value is -2.04. The minimum Gasteiger partial charge on any atom is -0.345 e. The number of sulfonamides is 1. The third-order valence-electron chi connectivity index (χ3n) is 5.44. The number of aromatic nitrogens is 3. The van der Waals surface area contributed by atoms with Gasteiger partial charge in [0.05, 0.1) is 11.4 Å². The number of hydrogen-bond acceptors (Lipinski definition) is 5. The summed E-state index contributed by atoms with van der Waals surface area (Å²) in [5, 5.41) is 9.60. The van der Waals surface area contributed by atoms with Crippen molar-refractivity contribution >= 4 is 28.1 Å². The summed E-state index contributed by atoms with van der Waals surface area (Å²) in [4.78, 5) is 12.6. The van der Waals surface area contributed by atoms with Crippen LogP contribution < -0.4 is 5.32 Å². The standard InChI is InChI=1S/C19H27N5O3S2/c1-3-24-17(21-22-19(24)28)13-20-18(25)14-9-11-16(12-10-14)29(26,27)23(2)15-7-5-4-6-8-15/h9-12,15H,3-8,13H2,1-2H3,(H,20,25)(H,22,28). The molecule has 0 atom stereocenters. The molecule has 0 spiro atoms. The van der Waals surface area contributed by atoms with Gasteiger partial charge in [-0.15, -0.1) is 0 Å². The van der Waals surface area contributed by atoms with Crippen LogP contribution in [0.2, 0.25) is 0 Å². The third-order valence-corrected chi connectivity index (χ3v) is 7.68. The smallest absolute Gasteiger partial charge is 0.251 e. The maximum absolute atomic E-state index is 12.9. The lowest BCUT2D eigenvalue weighted by atomic mass is 9.96. The van der Waals surface area contributed by atoms with Crippen LogP contribution >= 0.6 is 12.2 Å². The molecule has 1 aromatic carbocycles. The number of rotatable bonds is 7. The summed E-state index contributed by atoms with van der Waals surface area (Å²) in [6.45, 7) is 2.83. The molecule has 10 heteroatoms. The fourth-order valence-corrected chi connectivity index (χ4v) is 5.35. The number of hydrogen-bond donors (Lipinski definition) is 2. The van der Waals surface area contributed by atoms with E-state index in [0.717, 1.165) is 25.7 Å². The monoisotopic (exact) mass is 437 g/mol. The van der Waals surface area contributed by atoms with Crippen LogP contribution in [0.1, 0.15) is 55.2 Å². The molecular weight excluding hydrogens is 410 g/mol. The predicted octanol–water partition coefficient (Wildman–Crippen LogP) is 2.84. The van der Waals surface area contributed by atoms with Crippen LogP contribution in [0.3, 0.4) is 0 Å². The van der Waals surface area contributed by atoms with E-state index in [2.05, 4.69) is 15.5 Å². The summed E-state index contributed by atoms with van der Waals surface area (Å²) in [6.07, 6.45) is 5.08. The molecule has 0 aliphatic heterocycles. The van der Waals surface area contributed by atoms with Crippen molar-refractivity contribution in [3.63, 3.8) is 0 Å². The molecule has 0 unspecified atom stereocenters. The largest absolute Gasteiger partial charge is 0.345 e. The number of H-pyrrole nitrogens is 1. The molecule has 2 N–H and O–H groups in total. The summed E-state index contributed by atoms with van der Waals surface area (Å²) < 4.78 is 29.6. The quantitative estimate of drug-likeness (QED) is 0.649. The molecular formula is C19H27N5O3S2. The first kappa shape index (κ1) is 21.7. The van der Waals surface area contributed by atoms with Gasteiger partial charge < -0.3 is 9.88 Å². The van der Waals surface area contributed by atoms with Gasteiger partial charge in [0.15, 0.2) is 10.6 Å². The van der Waals surface area contributed by atoms with Crippen LogP contribution in [0, 0.1) is 4.77 Å². The van der Waals surface area contributed by atoms with E-state index in [-0.39, 0.29) is 23.4 Å². The molecule has 1 amide bonds. The summed E-state index contributed by atoms with van der Waals surface area (Å²) in [7, 11) is -1.92. The highest BCUT2D eigenvalue weighted by Crippen LogP contribution is 2.26. The van der Waals surface area contributed by atoms with E-state index in [0.29, 0.717) is 22.7 Å². The summed E-state index contributed by atoms with van der Waals surface area (Å²) in [5.41, 5.74) is 0.390. The fourth-order valence-electron chi connectivity index (χ4n) is 3.66. The van der Waals surface area contributed by atoms with E-state index in [1.165, 1.54) is 35.0 Å². The molecule has 8 nitrogen and oxygen atoms in total. The summed E-state index contributed by atoms with van der Waals surface area (Å²) >= 11 is 5.13. The molecule has 158 valence electrons. The fraction of sp³-hybridized carbons (Fsp3) is 0.526. The second-order valence-electron chi connectivity index (χ2n) is 7.21. The second-order valence-corrected chi connectivity index (χ2v) is 9.59. The maximum Gasteiger partial charge on any atom is 0.251 e. The second kappa shape index (κ2) is 9.19. The van der Waals surface area contributed by atoms with Crippen molar-refractivity contribution in [3.05, 3.63) is 40.4 Å². The first-order valence-electron chi connectivity index (χ1n) is 9.85. The minimum atomic E-state index is -3.57. The van der Waals surface area contributed by atoms with Crippen molar-refractivity contribution in [3.8, 4) is 0 Å². The molecule has 0 bridgehead atoms. The van der Waals surface area contributed by atoms with Gasteiger partial charge in [0, 0.05) is 25.2 Å². The molecule has 1 aliphatic rings. The highest BCUT2D eigenvalue weighted by Gasteiger charge is 2.29. The lowest BCUT2D eigenvalue weighted by molar-refractivity contribution is 0.0949. The number of amides is 1. The molecule has 1 fully saturated rings. The molecule has 1 aliphatic carbocycles. The number of nitrogens with one attached hydrogen (secondary N) is 2. The maximum atomic E-state index is 12.9. The third kappa shape index (κ3) is 4.76. The van der Waals surface area contributed by atoms with Gasteiger partial charge in [-0.05, 0) is 56.2 Å². The highest BCUT2D eigenvalue weighted by molar-refractivity contribution is 7.89. The molecule has 2 aromatic rings. The Morgan fingerprint density at radius 2 is 1.93 bits per heavy atom. The van der Waals surface area contributed by atoms with Crippen molar-refractivity contribution in [1.29, 1.82) is 0 Å². The van der Waals surface area contributed by atoms with E-state index < -0.39 is 10.0 Å².